The summed E-state index contributed by atoms with van der Waals surface area (Å²) in [4.78, 5) is 0. The maximum absolute atomic E-state index is 2.68. The monoisotopic (exact) mass is 312 g/mol. The Balaban J connectivity index is 1.60. The summed E-state index contributed by atoms with van der Waals surface area (Å²) in [7, 11) is 0. The Kier molecular flexibility index (Phi) is 4.01. The maximum atomic E-state index is 2.68. The third-order valence-corrected chi connectivity index (χ3v) is 8.76. The third-order valence-electron chi connectivity index (χ3n) is 8.76. The number of fused-ring (bicyclic) bond motifs is 5. The summed E-state index contributed by atoms with van der Waals surface area (Å²) in [6.45, 7) is 7.64. The van der Waals surface area contributed by atoms with Crippen LogP contribution >= 0.6 is 0 Å². The predicted molar refractivity (Wildman–Crippen MR) is 99.2 cm³/mol. The molecule has 128 valence electrons. The highest BCUT2D eigenvalue weighted by Gasteiger charge is 2.57. The molecule has 1 unspecified atom stereocenters. The van der Waals surface area contributed by atoms with Crippen LogP contribution in [0.15, 0.2) is 23.8 Å². The van der Waals surface area contributed by atoms with Crippen molar-refractivity contribution in [2.75, 3.05) is 0 Å². The van der Waals surface area contributed by atoms with Gasteiger partial charge in [0.15, 0.2) is 0 Å². The number of rotatable bonds is 3. The number of hydrogen-bond donors (Lipinski definition) is 0. The van der Waals surface area contributed by atoms with Crippen molar-refractivity contribution in [2.45, 2.75) is 85.0 Å². The van der Waals surface area contributed by atoms with E-state index >= 15 is 0 Å². The number of hydrogen-bond acceptors (Lipinski definition) is 0. The first-order valence-corrected chi connectivity index (χ1v) is 10.5. The summed E-state index contributed by atoms with van der Waals surface area (Å²) in [5, 5.41) is 0. The average Bonchev–Trinajstić information content (AvgIpc) is 2.89. The van der Waals surface area contributed by atoms with Crippen LogP contribution in [0.2, 0.25) is 0 Å². The molecule has 2 saturated carbocycles. The normalized spacial score (nSPS) is 48.4. The highest BCUT2D eigenvalue weighted by atomic mass is 14.6. The number of unbranched alkanes of at least 4 members (excludes halogenated alkanes) is 1. The lowest BCUT2D eigenvalue weighted by molar-refractivity contribution is -0.0369. The van der Waals surface area contributed by atoms with Gasteiger partial charge in [0, 0.05) is 0 Å². The first-order valence-electron chi connectivity index (χ1n) is 10.5. The van der Waals surface area contributed by atoms with E-state index in [2.05, 4.69) is 39.0 Å². The summed E-state index contributed by atoms with van der Waals surface area (Å²) >= 11 is 0. The lowest BCUT2D eigenvalue weighted by Gasteiger charge is -2.57. The summed E-state index contributed by atoms with van der Waals surface area (Å²) in [6, 6.07) is 0. The molecule has 0 bridgehead atoms. The van der Waals surface area contributed by atoms with Gasteiger partial charge in [0.05, 0.1) is 0 Å². The van der Waals surface area contributed by atoms with Crippen molar-refractivity contribution in [1.29, 1.82) is 0 Å². The zero-order chi connectivity index (χ0) is 16.1. The highest BCUT2D eigenvalue weighted by Crippen LogP contribution is 2.66. The van der Waals surface area contributed by atoms with Crippen LogP contribution in [0.5, 0.6) is 0 Å². The van der Waals surface area contributed by atoms with E-state index in [9.17, 15) is 0 Å². The van der Waals surface area contributed by atoms with Gasteiger partial charge in [0.1, 0.15) is 0 Å². The molecule has 0 nitrogen and oxygen atoms in total. The van der Waals surface area contributed by atoms with Crippen LogP contribution in [0.4, 0.5) is 0 Å². The SMILES string of the molecule is CCCCC1CC[C@H]2[C@@H]3CC=C4C=CCC[C@]4(C)[C@@H]3CC[C@]12C. The van der Waals surface area contributed by atoms with Gasteiger partial charge >= 0.3 is 0 Å². The molecule has 0 heteroatoms. The molecule has 0 spiro atoms. The van der Waals surface area contributed by atoms with Crippen molar-refractivity contribution < 1.29 is 0 Å². The molecule has 4 rings (SSSR count). The van der Waals surface area contributed by atoms with Crippen LogP contribution in [-0.2, 0) is 0 Å². The van der Waals surface area contributed by atoms with Gasteiger partial charge in [-0.05, 0) is 91.4 Å². The minimum Gasteiger partial charge on any atom is -0.0842 e. The van der Waals surface area contributed by atoms with Crippen molar-refractivity contribution in [3.05, 3.63) is 23.8 Å². The van der Waals surface area contributed by atoms with E-state index in [1.54, 1.807) is 5.57 Å². The predicted octanol–water partition coefficient (Wildman–Crippen LogP) is 6.92. The Bertz CT molecular complexity index is 512. The summed E-state index contributed by atoms with van der Waals surface area (Å²) in [5.41, 5.74) is 2.86. The summed E-state index contributed by atoms with van der Waals surface area (Å²) in [5.74, 6) is 4.00. The molecule has 0 heterocycles. The summed E-state index contributed by atoms with van der Waals surface area (Å²) in [6.07, 6.45) is 22.0. The quantitative estimate of drug-likeness (QED) is 0.530. The van der Waals surface area contributed by atoms with E-state index in [1.807, 2.05) is 0 Å². The number of allylic oxidation sites excluding steroid dienone is 4. The van der Waals surface area contributed by atoms with Crippen LogP contribution in [0.3, 0.4) is 0 Å². The molecule has 4 aliphatic carbocycles. The van der Waals surface area contributed by atoms with Gasteiger partial charge in [-0.1, -0.05) is 51.8 Å². The fraction of sp³-hybridized carbons (Fsp3) is 0.826. The van der Waals surface area contributed by atoms with Gasteiger partial charge in [-0.25, -0.2) is 0 Å². The third kappa shape index (κ3) is 2.30. The van der Waals surface area contributed by atoms with Crippen LogP contribution < -0.4 is 0 Å². The van der Waals surface area contributed by atoms with Gasteiger partial charge in [-0.3, -0.25) is 0 Å². The Labute approximate surface area is 143 Å². The first-order chi connectivity index (χ1) is 11.1. The van der Waals surface area contributed by atoms with E-state index in [-0.39, 0.29) is 0 Å². The first kappa shape index (κ1) is 16.0. The minimum atomic E-state index is 0.500. The van der Waals surface area contributed by atoms with E-state index in [0.717, 1.165) is 23.7 Å². The molecule has 6 atom stereocenters. The molecule has 0 amide bonds. The Morgan fingerprint density at radius 3 is 2.78 bits per heavy atom. The van der Waals surface area contributed by atoms with Crippen molar-refractivity contribution in [3.8, 4) is 0 Å². The maximum Gasteiger partial charge on any atom is -0.00445 e. The molecule has 0 aromatic heterocycles. The Morgan fingerprint density at radius 1 is 1.09 bits per heavy atom. The second kappa shape index (κ2) is 5.78. The van der Waals surface area contributed by atoms with Gasteiger partial charge in [0.25, 0.3) is 0 Å². The van der Waals surface area contributed by atoms with Crippen LogP contribution in [-0.4, -0.2) is 0 Å². The molecule has 23 heavy (non-hydrogen) atoms. The molecule has 0 aliphatic heterocycles. The van der Waals surface area contributed by atoms with Crippen LogP contribution in [0.25, 0.3) is 0 Å². The largest absolute Gasteiger partial charge is 0.0842 e. The highest BCUT2D eigenvalue weighted by molar-refractivity contribution is 5.34. The van der Waals surface area contributed by atoms with Gasteiger partial charge in [-0.15, -0.1) is 0 Å². The van der Waals surface area contributed by atoms with E-state index in [1.165, 1.54) is 64.2 Å². The van der Waals surface area contributed by atoms with E-state index in [0.29, 0.717) is 10.8 Å². The molecule has 0 aromatic rings. The molecule has 4 aliphatic rings. The van der Waals surface area contributed by atoms with E-state index in [4.69, 9.17) is 0 Å². The van der Waals surface area contributed by atoms with Crippen LogP contribution in [0, 0.1) is 34.5 Å². The molecule has 0 aromatic carbocycles. The summed E-state index contributed by atoms with van der Waals surface area (Å²) < 4.78 is 0. The van der Waals surface area contributed by atoms with E-state index < -0.39 is 0 Å². The standard InChI is InChI=1S/C23H36/c1-4-5-8-17-11-13-20-19-12-10-18-9-6-7-15-22(18,2)21(19)14-16-23(17,20)3/h6,9-10,17,19-21H,4-5,7-8,11-16H2,1-3H3/t17?,19-,20-,21+,22-,23+/m0/s1. The van der Waals surface area contributed by atoms with Crippen molar-refractivity contribution in [3.63, 3.8) is 0 Å². The smallest absolute Gasteiger partial charge is 0.00445 e. The van der Waals surface area contributed by atoms with Crippen molar-refractivity contribution in [2.24, 2.45) is 34.5 Å². The molecular formula is C23H36. The van der Waals surface area contributed by atoms with Crippen LogP contribution in [0.1, 0.15) is 85.0 Å². The van der Waals surface area contributed by atoms with Gasteiger partial charge in [0.2, 0.25) is 0 Å². The molecular weight excluding hydrogens is 276 g/mol. The lowest BCUT2D eigenvalue weighted by atomic mass is 9.48. The average molecular weight is 313 g/mol. The molecule has 0 saturated heterocycles. The Morgan fingerprint density at radius 2 is 1.96 bits per heavy atom. The van der Waals surface area contributed by atoms with Gasteiger partial charge in [-0.2, -0.15) is 0 Å². The van der Waals surface area contributed by atoms with Crippen molar-refractivity contribution in [1.82, 2.24) is 0 Å². The zero-order valence-electron chi connectivity index (χ0n) is 15.6. The lowest BCUT2D eigenvalue weighted by Crippen LogP contribution is -2.49. The zero-order valence-corrected chi connectivity index (χ0v) is 15.6. The molecule has 0 radical (unpaired) electrons. The van der Waals surface area contributed by atoms with Gasteiger partial charge < -0.3 is 0 Å². The fourth-order valence-electron chi connectivity index (χ4n) is 7.33. The fourth-order valence-corrected chi connectivity index (χ4v) is 7.33. The Hall–Kier alpha value is -0.520. The molecule has 0 N–H and O–H groups in total. The van der Waals surface area contributed by atoms with Crippen molar-refractivity contribution >= 4 is 0 Å². The molecule has 2 fully saturated rings. The second-order valence-corrected chi connectivity index (χ2v) is 9.59. The topological polar surface area (TPSA) is 0 Å². The second-order valence-electron chi connectivity index (χ2n) is 9.59. The minimum absolute atomic E-state index is 0.500.